The Labute approximate surface area is 199 Å². The topological polar surface area (TPSA) is 101 Å². The number of hydrogen-bond acceptors (Lipinski definition) is 6. The molecule has 0 aliphatic carbocycles. The van der Waals surface area contributed by atoms with Gasteiger partial charge in [-0.05, 0) is 55.5 Å². The largest absolute Gasteiger partial charge is 0.494 e. The number of carbonyl (C=O) groups excluding carboxylic acids is 1. The van der Waals surface area contributed by atoms with E-state index in [9.17, 15) is 13.2 Å². The third-order valence-corrected chi connectivity index (χ3v) is 7.08. The molecule has 1 amide bonds. The maximum absolute atomic E-state index is 12.9. The molecule has 0 saturated heterocycles. The Morgan fingerprint density at radius 3 is 2.55 bits per heavy atom. The van der Waals surface area contributed by atoms with Crippen molar-refractivity contribution >= 4 is 44.1 Å². The first-order valence-corrected chi connectivity index (χ1v) is 12.4. The van der Waals surface area contributed by atoms with Crippen molar-refractivity contribution < 1.29 is 17.9 Å². The smallest absolute Gasteiger partial charge is 0.243 e. The van der Waals surface area contributed by atoms with Crippen LogP contribution in [-0.4, -0.2) is 56.4 Å². The van der Waals surface area contributed by atoms with Gasteiger partial charge in [-0.25, -0.2) is 8.42 Å². The van der Waals surface area contributed by atoms with Crippen molar-refractivity contribution in [1.82, 2.24) is 14.6 Å². The molecule has 1 aromatic heterocycles. The number of benzene rings is 2. The zero-order chi connectivity index (χ0) is 23.8. The summed E-state index contributed by atoms with van der Waals surface area (Å²) in [5.41, 5.74) is 1.65. The Kier molecular flexibility index (Phi) is 8.49. The van der Waals surface area contributed by atoms with E-state index in [2.05, 4.69) is 15.6 Å². The number of amides is 1. The van der Waals surface area contributed by atoms with Crippen molar-refractivity contribution in [1.29, 1.82) is 0 Å². The summed E-state index contributed by atoms with van der Waals surface area (Å²) in [4.78, 5) is 16.8. The van der Waals surface area contributed by atoms with E-state index in [1.165, 1.54) is 12.1 Å². The summed E-state index contributed by atoms with van der Waals surface area (Å²) >= 11 is 6.02. The van der Waals surface area contributed by atoms with Gasteiger partial charge < -0.3 is 15.4 Å². The second-order valence-electron chi connectivity index (χ2n) is 7.13. The number of rotatable bonds is 11. The van der Waals surface area contributed by atoms with E-state index in [1.807, 2.05) is 19.1 Å². The van der Waals surface area contributed by atoms with Crippen LogP contribution in [0.1, 0.15) is 13.8 Å². The molecule has 0 spiro atoms. The van der Waals surface area contributed by atoms with E-state index in [0.717, 1.165) is 20.9 Å². The van der Waals surface area contributed by atoms with E-state index in [0.29, 0.717) is 30.5 Å². The Morgan fingerprint density at radius 1 is 1.09 bits per heavy atom. The number of halogens is 1. The molecule has 0 aliphatic heterocycles. The number of aromatic nitrogens is 1. The van der Waals surface area contributed by atoms with Crippen LogP contribution in [0.15, 0.2) is 59.6 Å². The Morgan fingerprint density at radius 2 is 1.85 bits per heavy atom. The highest BCUT2D eigenvalue weighted by molar-refractivity contribution is 7.89. The maximum Gasteiger partial charge on any atom is 0.243 e. The van der Waals surface area contributed by atoms with Gasteiger partial charge in [0.2, 0.25) is 15.9 Å². The van der Waals surface area contributed by atoms with Gasteiger partial charge in [-0.3, -0.25) is 9.78 Å². The van der Waals surface area contributed by atoms with Crippen molar-refractivity contribution in [2.45, 2.75) is 18.7 Å². The zero-order valence-electron chi connectivity index (χ0n) is 18.5. The van der Waals surface area contributed by atoms with Gasteiger partial charge in [-0.15, -0.1) is 0 Å². The van der Waals surface area contributed by atoms with E-state index >= 15 is 0 Å². The number of sulfonamides is 1. The number of nitrogens with zero attached hydrogens (tertiary/aromatic N) is 2. The number of hydrogen-bond donors (Lipinski definition) is 2. The average molecular weight is 491 g/mol. The van der Waals surface area contributed by atoms with Crippen LogP contribution in [0.3, 0.4) is 0 Å². The third kappa shape index (κ3) is 6.34. The quantitative estimate of drug-likeness (QED) is 0.399. The molecule has 0 aliphatic rings. The van der Waals surface area contributed by atoms with Crippen molar-refractivity contribution in [3.63, 3.8) is 0 Å². The molecule has 33 heavy (non-hydrogen) atoms. The molecular formula is C23H27ClN4O4S. The predicted molar refractivity (Wildman–Crippen MR) is 130 cm³/mol. The fourth-order valence-electron chi connectivity index (χ4n) is 3.28. The number of ether oxygens (including phenoxy) is 1. The second kappa shape index (κ2) is 11.3. The van der Waals surface area contributed by atoms with Crippen molar-refractivity contribution in [3.8, 4) is 5.75 Å². The molecule has 2 aromatic carbocycles. The van der Waals surface area contributed by atoms with E-state index in [1.54, 1.807) is 37.4 Å². The summed E-state index contributed by atoms with van der Waals surface area (Å²) in [5.74, 6) is 0.217. The molecular weight excluding hydrogens is 464 g/mol. The van der Waals surface area contributed by atoms with Crippen LogP contribution in [-0.2, 0) is 14.8 Å². The number of anilines is 1. The SMILES string of the molecule is CCOc1ccc(S(=O)(=O)N(CC)CC(=O)NCCNc2ccnc3cc(Cl)ccc23)cc1. The molecule has 3 rings (SSSR count). The first kappa shape index (κ1) is 24.8. The minimum Gasteiger partial charge on any atom is -0.494 e. The Bertz CT molecular complexity index is 1200. The Hall–Kier alpha value is -2.88. The highest BCUT2D eigenvalue weighted by Gasteiger charge is 2.25. The van der Waals surface area contributed by atoms with Gasteiger partial charge in [0.05, 0.1) is 23.6 Å². The van der Waals surface area contributed by atoms with Crippen LogP contribution >= 0.6 is 11.6 Å². The lowest BCUT2D eigenvalue weighted by molar-refractivity contribution is -0.121. The molecule has 0 bridgehead atoms. The minimum atomic E-state index is -3.80. The van der Waals surface area contributed by atoms with Gasteiger partial charge in [0.1, 0.15) is 5.75 Å². The van der Waals surface area contributed by atoms with E-state index in [4.69, 9.17) is 16.3 Å². The van der Waals surface area contributed by atoms with Gasteiger partial charge in [0.25, 0.3) is 0 Å². The molecule has 0 atom stereocenters. The van der Waals surface area contributed by atoms with Gasteiger partial charge in [0.15, 0.2) is 0 Å². The molecule has 3 aromatic rings. The molecule has 176 valence electrons. The predicted octanol–water partition coefficient (Wildman–Crippen LogP) is 3.53. The van der Waals surface area contributed by atoms with Crippen LogP contribution in [0.5, 0.6) is 5.75 Å². The number of pyridine rings is 1. The van der Waals surface area contributed by atoms with E-state index < -0.39 is 10.0 Å². The molecule has 0 radical (unpaired) electrons. The van der Waals surface area contributed by atoms with E-state index in [-0.39, 0.29) is 23.9 Å². The van der Waals surface area contributed by atoms with Gasteiger partial charge in [-0.2, -0.15) is 4.31 Å². The minimum absolute atomic E-state index is 0.118. The normalized spacial score (nSPS) is 11.5. The summed E-state index contributed by atoms with van der Waals surface area (Å²) in [6, 6.07) is 13.5. The highest BCUT2D eigenvalue weighted by atomic mass is 35.5. The third-order valence-electron chi connectivity index (χ3n) is 4.91. The first-order valence-electron chi connectivity index (χ1n) is 10.6. The second-order valence-corrected chi connectivity index (χ2v) is 9.51. The van der Waals surface area contributed by atoms with Gasteiger partial charge in [0, 0.05) is 41.9 Å². The maximum atomic E-state index is 12.9. The monoisotopic (exact) mass is 490 g/mol. The molecule has 0 saturated carbocycles. The fourth-order valence-corrected chi connectivity index (χ4v) is 4.85. The van der Waals surface area contributed by atoms with Crippen molar-refractivity contribution in [3.05, 3.63) is 59.8 Å². The number of fused-ring (bicyclic) bond motifs is 1. The van der Waals surface area contributed by atoms with Crippen LogP contribution in [0, 0.1) is 0 Å². The molecule has 0 fully saturated rings. The van der Waals surface area contributed by atoms with Crippen LogP contribution in [0.2, 0.25) is 5.02 Å². The summed E-state index contributed by atoms with van der Waals surface area (Å²) in [5, 5.41) is 7.55. The van der Waals surface area contributed by atoms with Gasteiger partial charge in [-0.1, -0.05) is 18.5 Å². The number of carbonyl (C=O) groups is 1. The van der Waals surface area contributed by atoms with Crippen LogP contribution in [0.25, 0.3) is 10.9 Å². The standard InChI is InChI=1S/C23H27ClN4O4S/c1-3-28(33(30,31)19-8-6-18(7-9-19)32-4-2)16-23(29)27-14-13-26-21-11-12-25-22-15-17(24)5-10-20(21)22/h5-12,15H,3-4,13-14,16H2,1-2H3,(H,25,26)(H,27,29). The highest BCUT2D eigenvalue weighted by Crippen LogP contribution is 2.24. The lowest BCUT2D eigenvalue weighted by Crippen LogP contribution is -2.41. The lowest BCUT2D eigenvalue weighted by atomic mass is 10.2. The average Bonchev–Trinajstić information content (AvgIpc) is 2.80. The van der Waals surface area contributed by atoms with Gasteiger partial charge >= 0.3 is 0 Å². The summed E-state index contributed by atoms with van der Waals surface area (Å²) in [7, 11) is -3.80. The summed E-state index contributed by atoms with van der Waals surface area (Å²) in [6.45, 7) is 4.75. The number of nitrogens with one attached hydrogen (secondary N) is 2. The molecule has 10 heteroatoms. The fraction of sp³-hybridized carbons (Fsp3) is 0.304. The van der Waals surface area contributed by atoms with Crippen LogP contribution in [0.4, 0.5) is 5.69 Å². The summed E-state index contributed by atoms with van der Waals surface area (Å²) < 4.78 is 32.3. The molecule has 0 unspecified atom stereocenters. The number of likely N-dealkylation sites (N-methyl/N-ethyl adjacent to an activating group) is 1. The lowest BCUT2D eigenvalue weighted by Gasteiger charge is -2.20. The summed E-state index contributed by atoms with van der Waals surface area (Å²) in [6.07, 6.45) is 1.68. The first-order chi connectivity index (χ1) is 15.8. The van der Waals surface area contributed by atoms with Crippen molar-refractivity contribution in [2.75, 3.05) is 38.1 Å². The molecule has 8 nitrogen and oxygen atoms in total. The zero-order valence-corrected chi connectivity index (χ0v) is 20.1. The molecule has 1 heterocycles. The van der Waals surface area contributed by atoms with Crippen LogP contribution < -0.4 is 15.4 Å². The van der Waals surface area contributed by atoms with Crippen molar-refractivity contribution in [2.24, 2.45) is 0 Å². The molecule has 2 N–H and O–H groups in total. The Balaban J connectivity index is 1.54.